The van der Waals surface area contributed by atoms with E-state index < -0.39 is 0 Å². The highest BCUT2D eigenvalue weighted by Crippen LogP contribution is 2.16. The number of guanidine groups is 1. The topological polar surface area (TPSA) is 67.1 Å². The first-order valence-corrected chi connectivity index (χ1v) is 9.14. The lowest BCUT2D eigenvalue weighted by atomic mass is 10.1. The van der Waals surface area contributed by atoms with E-state index in [1.165, 1.54) is 6.07 Å². The Bertz CT molecular complexity index is 685. The summed E-state index contributed by atoms with van der Waals surface area (Å²) in [5.41, 5.74) is 2.06. The molecule has 1 heterocycles. The Morgan fingerprint density at radius 1 is 1.29 bits per heavy atom. The van der Waals surface area contributed by atoms with Crippen LogP contribution in [0.15, 0.2) is 29.5 Å². The number of nitrogens with one attached hydrogen (secondary N) is 2. The lowest BCUT2D eigenvalue weighted by Gasteiger charge is -2.14. The summed E-state index contributed by atoms with van der Waals surface area (Å²) >= 11 is 1.67. The Balaban J connectivity index is 1.94. The van der Waals surface area contributed by atoms with Gasteiger partial charge < -0.3 is 15.2 Å². The molecule has 0 aliphatic rings. The van der Waals surface area contributed by atoms with Gasteiger partial charge in [0.25, 0.3) is 0 Å². The van der Waals surface area contributed by atoms with Crippen molar-refractivity contribution >= 4 is 17.7 Å². The number of rotatable bonds is 7. The van der Waals surface area contributed by atoms with Crippen molar-refractivity contribution in [1.29, 1.82) is 0 Å². The Morgan fingerprint density at radius 2 is 2.08 bits per heavy atom. The van der Waals surface area contributed by atoms with E-state index in [2.05, 4.69) is 25.8 Å². The van der Waals surface area contributed by atoms with Crippen molar-refractivity contribution < 1.29 is 4.39 Å². The molecule has 2 rings (SSSR count). The largest absolute Gasteiger partial charge is 0.352 e. The molecule has 2 N–H and O–H groups in total. The summed E-state index contributed by atoms with van der Waals surface area (Å²) in [4.78, 5) is 4.21. The van der Waals surface area contributed by atoms with Crippen molar-refractivity contribution in [3.05, 3.63) is 47.3 Å². The zero-order chi connectivity index (χ0) is 17.4. The normalized spacial score (nSPS) is 11.6. The number of halogens is 1. The van der Waals surface area contributed by atoms with Gasteiger partial charge in [-0.05, 0) is 36.4 Å². The van der Waals surface area contributed by atoms with Crippen molar-refractivity contribution in [2.45, 2.75) is 32.3 Å². The van der Waals surface area contributed by atoms with Crippen LogP contribution in [0, 0.1) is 5.82 Å². The standard InChI is InChI=1S/C16H23FN6S/c1-4-23-11-21-22-15(23)9-20-16(18-2)19-8-12-5-6-14(17)7-13(12)10-24-3/h5-7,11H,4,8-10H2,1-3H3,(H2,18,19,20). The van der Waals surface area contributed by atoms with Gasteiger partial charge in [0.05, 0.1) is 6.54 Å². The number of hydrogen-bond acceptors (Lipinski definition) is 4. The van der Waals surface area contributed by atoms with Crippen molar-refractivity contribution in [3.63, 3.8) is 0 Å². The van der Waals surface area contributed by atoms with Crippen LogP contribution in [0.2, 0.25) is 0 Å². The van der Waals surface area contributed by atoms with Gasteiger partial charge in [-0.25, -0.2) is 4.39 Å². The lowest BCUT2D eigenvalue weighted by Crippen LogP contribution is -2.37. The second kappa shape index (κ2) is 9.27. The van der Waals surface area contributed by atoms with Gasteiger partial charge in [0.2, 0.25) is 0 Å². The molecule has 0 radical (unpaired) electrons. The molecule has 0 fully saturated rings. The summed E-state index contributed by atoms with van der Waals surface area (Å²) in [7, 11) is 1.72. The molecule has 0 aliphatic carbocycles. The molecule has 1 aromatic carbocycles. The van der Waals surface area contributed by atoms with Gasteiger partial charge in [-0.1, -0.05) is 6.07 Å². The second-order valence-corrected chi connectivity index (χ2v) is 6.02. The van der Waals surface area contributed by atoms with Gasteiger partial charge in [0.1, 0.15) is 12.1 Å². The summed E-state index contributed by atoms with van der Waals surface area (Å²) in [5.74, 6) is 2.09. The lowest BCUT2D eigenvalue weighted by molar-refractivity contribution is 0.625. The third-order valence-electron chi connectivity index (χ3n) is 3.59. The zero-order valence-corrected chi connectivity index (χ0v) is 15.0. The van der Waals surface area contributed by atoms with E-state index in [9.17, 15) is 4.39 Å². The first-order chi connectivity index (χ1) is 11.7. The number of aryl methyl sites for hydroxylation is 1. The van der Waals surface area contributed by atoms with E-state index in [-0.39, 0.29) is 5.82 Å². The molecule has 0 atom stereocenters. The minimum absolute atomic E-state index is 0.204. The number of hydrogen-bond donors (Lipinski definition) is 2. The molecule has 1 aromatic heterocycles. The number of nitrogens with zero attached hydrogens (tertiary/aromatic N) is 4. The predicted molar refractivity (Wildman–Crippen MR) is 96.4 cm³/mol. The molecule has 0 spiro atoms. The van der Waals surface area contributed by atoms with Crippen LogP contribution in [0.25, 0.3) is 0 Å². The van der Waals surface area contributed by atoms with Gasteiger partial charge >= 0.3 is 0 Å². The quantitative estimate of drug-likeness (QED) is 0.592. The first-order valence-electron chi connectivity index (χ1n) is 7.75. The summed E-state index contributed by atoms with van der Waals surface area (Å²) in [5, 5.41) is 14.5. The Kier molecular flexibility index (Phi) is 7.05. The fourth-order valence-electron chi connectivity index (χ4n) is 2.30. The fourth-order valence-corrected chi connectivity index (χ4v) is 2.88. The molecule has 130 valence electrons. The van der Waals surface area contributed by atoms with E-state index in [0.29, 0.717) is 19.0 Å². The fraction of sp³-hybridized carbons (Fsp3) is 0.438. The number of aliphatic imine (C=N–C) groups is 1. The highest BCUT2D eigenvalue weighted by atomic mass is 32.2. The zero-order valence-electron chi connectivity index (χ0n) is 14.2. The average Bonchev–Trinajstić information content (AvgIpc) is 3.04. The molecule has 24 heavy (non-hydrogen) atoms. The van der Waals surface area contributed by atoms with Crippen LogP contribution in [0.1, 0.15) is 23.9 Å². The molecule has 6 nitrogen and oxygen atoms in total. The van der Waals surface area contributed by atoms with Gasteiger partial charge in [-0.15, -0.1) is 10.2 Å². The van der Waals surface area contributed by atoms with Crippen molar-refractivity contribution in [1.82, 2.24) is 25.4 Å². The smallest absolute Gasteiger partial charge is 0.191 e. The summed E-state index contributed by atoms with van der Waals surface area (Å²) in [6, 6.07) is 4.89. The van der Waals surface area contributed by atoms with Gasteiger partial charge in [-0.2, -0.15) is 11.8 Å². The molecule has 8 heteroatoms. The van der Waals surface area contributed by atoms with E-state index in [1.807, 2.05) is 23.8 Å². The first kappa shape index (κ1) is 18.3. The van der Waals surface area contributed by atoms with Crippen molar-refractivity contribution in [3.8, 4) is 0 Å². The van der Waals surface area contributed by atoms with Crippen molar-refractivity contribution in [2.24, 2.45) is 4.99 Å². The number of benzene rings is 1. The maximum absolute atomic E-state index is 13.4. The van der Waals surface area contributed by atoms with Gasteiger partial charge in [-0.3, -0.25) is 4.99 Å². The minimum Gasteiger partial charge on any atom is -0.352 e. The maximum atomic E-state index is 13.4. The van der Waals surface area contributed by atoms with E-state index in [1.54, 1.807) is 31.2 Å². The van der Waals surface area contributed by atoms with Crippen LogP contribution in [-0.4, -0.2) is 34.0 Å². The maximum Gasteiger partial charge on any atom is 0.191 e. The van der Waals surface area contributed by atoms with E-state index >= 15 is 0 Å². The van der Waals surface area contributed by atoms with Gasteiger partial charge in [0, 0.05) is 25.9 Å². The average molecular weight is 350 g/mol. The molecule has 0 amide bonds. The van der Waals surface area contributed by atoms with Crippen LogP contribution in [-0.2, 0) is 25.4 Å². The molecule has 0 bridgehead atoms. The van der Waals surface area contributed by atoms with E-state index in [4.69, 9.17) is 0 Å². The van der Waals surface area contributed by atoms with Crippen LogP contribution in [0.3, 0.4) is 0 Å². The summed E-state index contributed by atoms with van der Waals surface area (Å²) < 4.78 is 15.4. The summed E-state index contributed by atoms with van der Waals surface area (Å²) in [6.45, 7) is 3.98. The molecule has 0 saturated heterocycles. The molecule has 2 aromatic rings. The SMILES string of the molecule is CCn1cnnc1CNC(=NC)NCc1ccc(F)cc1CSC. The van der Waals surface area contributed by atoms with Crippen LogP contribution in [0.5, 0.6) is 0 Å². The van der Waals surface area contributed by atoms with Crippen LogP contribution >= 0.6 is 11.8 Å². The Morgan fingerprint density at radius 3 is 2.79 bits per heavy atom. The van der Waals surface area contributed by atoms with E-state index in [0.717, 1.165) is 29.2 Å². The van der Waals surface area contributed by atoms with Gasteiger partial charge in [0.15, 0.2) is 11.8 Å². The van der Waals surface area contributed by atoms with Crippen LogP contribution in [0.4, 0.5) is 4.39 Å². The molecule has 0 aliphatic heterocycles. The summed E-state index contributed by atoms with van der Waals surface area (Å²) in [6.07, 6.45) is 3.72. The van der Waals surface area contributed by atoms with Crippen LogP contribution < -0.4 is 10.6 Å². The third-order valence-corrected chi connectivity index (χ3v) is 4.19. The molecular formula is C16H23FN6S. The monoisotopic (exact) mass is 350 g/mol. The molecule has 0 saturated carbocycles. The highest BCUT2D eigenvalue weighted by Gasteiger charge is 2.07. The minimum atomic E-state index is -0.204. The highest BCUT2D eigenvalue weighted by molar-refractivity contribution is 7.97. The van der Waals surface area contributed by atoms with Crippen molar-refractivity contribution in [2.75, 3.05) is 13.3 Å². The Labute approximate surface area is 146 Å². The predicted octanol–water partition coefficient (Wildman–Crippen LogP) is 2.17. The molecular weight excluding hydrogens is 327 g/mol. The number of thioether (sulfide) groups is 1. The third kappa shape index (κ3) is 4.95. The second-order valence-electron chi connectivity index (χ2n) is 5.16. The Hall–Kier alpha value is -2.09. The number of aromatic nitrogens is 3. The molecule has 0 unspecified atom stereocenters.